The molecular weight excluding hydrogens is 320 g/mol. The number of hydrogen-bond acceptors (Lipinski definition) is 2. The van der Waals surface area contributed by atoms with Crippen LogP contribution in [0.2, 0.25) is 0 Å². The molecule has 2 heteroatoms. The van der Waals surface area contributed by atoms with Crippen molar-refractivity contribution in [2.24, 2.45) is 0 Å². The highest BCUT2D eigenvalue weighted by atomic mass is 16.5. The Morgan fingerprint density at radius 3 is 2.19 bits per heavy atom. The first-order valence-electron chi connectivity index (χ1n) is 9.05. The van der Waals surface area contributed by atoms with Crippen LogP contribution >= 0.6 is 0 Å². The minimum atomic E-state index is -0.106. The Bertz CT molecular complexity index is 854. The van der Waals surface area contributed by atoms with Crippen LogP contribution in [0.15, 0.2) is 78.9 Å². The van der Waals surface area contributed by atoms with Crippen LogP contribution < -0.4 is 4.74 Å². The van der Waals surface area contributed by atoms with Crippen molar-refractivity contribution in [3.63, 3.8) is 0 Å². The summed E-state index contributed by atoms with van der Waals surface area (Å²) >= 11 is 0. The van der Waals surface area contributed by atoms with E-state index in [0.29, 0.717) is 6.61 Å². The van der Waals surface area contributed by atoms with Gasteiger partial charge >= 0.3 is 0 Å². The minimum absolute atomic E-state index is 0.106. The first-order valence-corrected chi connectivity index (χ1v) is 9.05. The number of carbonyl (C=O) groups excluding carboxylic acids is 1. The second kappa shape index (κ2) is 8.48. The summed E-state index contributed by atoms with van der Waals surface area (Å²) in [6.45, 7) is 4.55. The van der Waals surface area contributed by atoms with Gasteiger partial charge in [-0.1, -0.05) is 67.6 Å². The van der Waals surface area contributed by atoms with E-state index < -0.39 is 0 Å². The summed E-state index contributed by atoms with van der Waals surface area (Å²) in [5.74, 6) is 0.854. The number of rotatable bonds is 7. The lowest BCUT2D eigenvalue weighted by Crippen LogP contribution is -2.13. The number of Topliss-reactive ketones (excluding diaryl/α,β-unsaturated/α-hetero) is 1. The van der Waals surface area contributed by atoms with Gasteiger partial charge in [-0.15, -0.1) is 0 Å². The van der Waals surface area contributed by atoms with Gasteiger partial charge in [-0.05, 0) is 48.2 Å². The van der Waals surface area contributed by atoms with Gasteiger partial charge in [0.25, 0.3) is 0 Å². The third kappa shape index (κ3) is 4.20. The predicted octanol–water partition coefficient (Wildman–Crippen LogP) is 5.95. The van der Waals surface area contributed by atoms with Gasteiger partial charge in [0, 0.05) is 11.5 Å². The lowest BCUT2D eigenvalue weighted by molar-refractivity contribution is 0.0956. The van der Waals surface area contributed by atoms with Crippen LogP contribution in [0.1, 0.15) is 46.3 Å². The van der Waals surface area contributed by atoms with Crippen LogP contribution in [0.3, 0.4) is 0 Å². The molecule has 0 saturated carbocycles. The summed E-state index contributed by atoms with van der Waals surface area (Å²) < 4.78 is 5.87. The zero-order chi connectivity index (χ0) is 18.4. The smallest absolute Gasteiger partial charge is 0.170 e. The van der Waals surface area contributed by atoms with E-state index in [1.165, 1.54) is 0 Å². The van der Waals surface area contributed by atoms with Crippen LogP contribution in [0.5, 0.6) is 5.75 Å². The molecule has 1 atom stereocenters. The number of aryl methyl sites for hydroxylation is 1. The van der Waals surface area contributed by atoms with Gasteiger partial charge in [-0.3, -0.25) is 4.79 Å². The van der Waals surface area contributed by atoms with Crippen LogP contribution in [0.4, 0.5) is 0 Å². The summed E-state index contributed by atoms with van der Waals surface area (Å²) in [6, 6.07) is 25.8. The zero-order valence-corrected chi connectivity index (χ0v) is 15.3. The van der Waals surface area contributed by atoms with Crippen molar-refractivity contribution in [1.29, 1.82) is 0 Å². The molecule has 0 aliphatic rings. The Morgan fingerprint density at radius 1 is 0.923 bits per heavy atom. The molecule has 0 radical (unpaired) electrons. The molecule has 0 spiro atoms. The van der Waals surface area contributed by atoms with Gasteiger partial charge in [-0.25, -0.2) is 0 Å². The molecule has 3 aromatic rings. The molecule has 132 valence electrons. The van der Waals surface area contributed by atoms with Crippen LogP contribution in [0, 0.1) is 6.92 Å². The molecule has 1 unspecified atom stereocenters. The fraction of sp³-hybridized carbons (Fsp3) is 0.208. The van der Waals surface area contributed by atoms with E-state index in [0.717, 1.165) is 34.4 Å². The summed E-state index contributed by atoms with van der Waals surface area (Å²) in [6.07, 6.45) is 0.786. The first-order chi connectivity index (χ1) is 12.7. The summed E-state index contributed by atoms with van der Waals surface area (Å²) in [4.78, 5) is 13.0. The van der Waals surface area contributed by atoms with Gasteiger partial charge < -0.3 is 4.74 Å². The molecule has 26 heavy (non-hydrogen) atoms. The molecule has 0 aliphatic carbocycles. The molecule has 0 bridgehead atoms. The monoisotopic (exact) mass is 344 g/mol. The Balaban J connectivity index is 1.75. The van der Waals surface area contributed by atoms with Crippen LogP contribution in [-0.4, -0.2) is 5.78 Å². The second-order valence-electron chi connectivity index (χ2n) is 6.49. The Kier molecular flexibility index (Phi) is 5.85. The van der Waals surface area contributed by atoms with Crippen molar-refractivity contribution in [2.45, 2.75) is 32.8 Å². The molecule has 0 aromatic heterocycles. The third-order valence-corrected chi connectivity index (χ3v) is 4.64. The molecule has 0 fully saturated rings. The molecule has 0 saturated heterocycles. The number of carbonyl (C=O) groups is 1. The normalized spacial score (nSPS) is 11.8. The number of ketones is 1. The Hall–Kier alpha value is -2.87. The van der Waals surface area contributed by atoms with Crippen molar-refractivity contribution in [1.82, 2.24) is 0 Å². The van der Waals surface area contributed by atoms with Gasteiger partial charge in [-0.2, -0.15) is 0 Å². The highest BCUT2D eigenvalue weighted by Gasteiger charge is 2.21. The maximum absolute atomic E-state index is 13.0. The largest absolute Gasteiger partial charge is 0.489 e. The van der Waals surface area contributed by atoms with E-state index >= 15 is 0 Å². The maximum Gasteiger partial charge on any atom is 0.170 e. The molecule has 0 heterocycles. The van der Waals surface area contributed by atoms with Crippen molar-refractivity contribution in [2.75, 3.05) is 0 Å². The first kappa shape index (κ1) is 17.9. The molecule has 3 aromatic carbocycles. The van der Waals surface area contributed by atoms with E-state index in [1.807, 2.05) is 85.8 Å². The van der Waals surface area contributed by atoms with E-state index in [4.69, 9.17) is 4.74 Å². The van der Waals surface area contributed by atoms with Gasteiger partial charge in [0.05, 0.1) is 0 Å². The van der Waals surface area contributed by atoms with Crippen LogP contribution in [-0.2, 0) is 6.61 Å². The summed E-state index contributed by atoms with van der Waals surface area (Å²) in [7, 11) is 0. The average molecular weight is 344 g/mol. The highest BCUT2D eigenvalue weighted by molar-refractivity contribution is 6.02. The average Bonchev–Trinajstić information content (AvgIpc) is 2.68. The zero-order valence-electron chi connectivity index (χ0n) is 15.3. The van der Waals surface area contributed by atoms with Crippen LogP contribution in [0.25, 0.3) is 0 Å². The molecule has 2 nitrogen and oxygen atoms in total. The lowest BCUT2D eigenvalue weighted by Gasteiger charge is -2.16. The highest BCUT2D eigenvalue weighted by Crippen LogP contribution is 2.27. The Morgan fingerprint density at radius 2 is 1.58 bits per heavy atom. The van der Waals surface area contributed by atoms with E-state index in [9.17, 15) is 4.79 Å². The van der Waals surface area contributed by atoms with Gasteiger partial charge in [0.15, 0.2) is 5.78 Å². The lowest BCUT2D eigenvalue weighted by atomic mass is 9.87. The predicted molar refractivity (Wildman–Crippen MR) is 106 cm³/mol. The quantitative estimate of drug-likeness (QED) is 0.495. The van der Waals surface area contributed by atoms with E-state index in [-0.39, 0.29) is 11.7 Å². The van der Waals surface area contributed by atoms with E-state index in [1.54, 1.807) is 0 Å². The van der Waals surface area contributed by atoms with Crippen molar-refractivity contribution in [3.8, 4) is 5.75 Å². The minimum Gasteiger partial charge on any atom is -0.489 e. The molecule has 0 aliphatic heterocycles. The van der Waals surface area contributed by atoms with Crippen molar-refractivity contribution < 1.29 is 9.53 Å². The van der Waals surface area contributed by atoms with Crippen molar-refractivity contribution >= 4 is 5.78 Å². The molecule has 0 amide bonds. The number of benzene rings is 3. The van der Waals surface area contributed by atoms with Crippen molar-refractivity contribution in [3.05, 3.63) is 101 Å². The molecule has 3 rings (SSSR count). The fourth-order valence-corrected chi connectivity index (χ4v) is 3.19. The number of ether oxygens (including phenoxy) is 1. The number of hydrogen-bond donors (Lipinski definition) is 0. The fourth-order valence-electron chi connectivity index (χ4n) is 3.19. The molecule has 0 N–H and O–H groups in total. The SMILES string of the molecule is CCC(C(=O)c1ccc(OCc2ccccc2)cc1C)c1ccccc1. The van der Waals surface area contributed by atoms with E-state index in [2.05, 4.69) is 6.92 Å². The van der Waals surface area contributed by atoms with Gasteiger partial charge in [0.1, 0.15) is 12.4 Å². The Labute approximate surface area is 155 Å². The topological polar surface area (TPSA) is 26.3 Å². The molecular formula is C24H24O2. The standard InChI is InChI=1S/C24H24O2/c1-3-22(20-12-8-5-9-13-20)24(25)23-15-14-21(16-18(23)2)26-17-19-10-6-4-7-11-19/h4-16,22H,3,17H2,1-2H3. The summed E-state index contributed by atoms with van der Waals surface area (Å²) in [5.41, 5.74) is 3.92. The van der Waals surface area contributed by atoms with Gasteiger partial charge in [0.2, 0.25) is 0 Å². The third-order valence-electron chi connectivity index (χ3n) is 4.64. The maximum atomic E-state index is 13.0. The summed E-state index contributed by atoms with van der Waals surface area (Å²) in [5, 5.41) is 0. The second-order valence-corrected chi connectivity index (χ2v) is 6.49.